The predicted octanol–water partition coefficient (Wildman–Crippen LogP) is 2.26. The Morgan fingerprint density at radius 2 is 2.20 bits per heavy atom. The second kappa shape index (κ2) is 3.33. The summed E-state index contributed by atoms with van der Waals surface area (Å²) in [5.41, 5.74) is 0. The molecule has 0 amide bonds. The van der Waals surface area contributed by atoms with Crippen molar-refractivity contribution >= 4 is 18.2 Å². The van der Waals surface area contributed by atoms with Crippen molar-refractivity contribution in [2.45, 2.75) is 44.7 Å². The van der Waals surface area contributed by atoms with E-state index in [-0.39, 0.29) is 0 Å². The fraction of sp³-hybridized carbons (Fsp3) is 0.800. The van der Waals surface area contributed by atoms with Gasteiger partial charge >= 0.3 is 0 Å². The fourth-order valence-corrected chi connectivity index (χ4v) is 2.67. The lowest BCUT2D eigenvalue weighted by molar-refractivity contribution is 0.660. The van der Waals surface area contributed by atoms with Crippen molar-refractivity contribution in [3.63, 3.8) is 0 Å². The van der Waals surface area contributed by atoms with Gasteiger partial charge in [0.1, 0.15) is 0 Å². The summed E-state index contributed by atoms with van der Waals surface area (Å²) >= 11 is 5.28. The molecule has 2 aliphatic rings. The topological polar surface area (TPSA) is 36.9 Å². The quantitative estimate of drug-likeness (QED) is 0.783. The molecule has 0 radical (unpaired) electrons. The highest BCUT2D eigenvalue weighted by Crippen LogP contribution is 2.38. The van der Waals surface area contributed by atoms with Crippen LogP contribution in [0.3, 0.4) is 0 Å². The third-order valence-electron chi connectivity index (χ3n) is 3.41. The molecule has 1 saturated heterocycles. The predicted molar refractivity (Wildman–Crippen MR) is 61.7 cm³/mol. The Hall–Kier alpha value is -0.840. The van der Waals surface area contributed by atoms with Crippen LogP contribution in [0.1, 0.15) is 38.6 Å². The van der Waals surface area contributed by atoms with Crippen LogP contribution in [0.15, 0.2) is 0 Å². The van der Waals surface area contributed by atoms with Crippen LogP contribution in [0.2, 0.25) is 0 Å². The van der Waals surface area contributed by atoms with Gasteiger partial charge in [-0.25, -0.2) is 5.10 Å². The van der Waals surface area contributed by atoms with E-state index >= 15 is 0 Å². The Balaban J connectivity index is 2.00. The van der Waals surface area contributed by atoms with Crippen LogP contribution in [0.5, 0.6) is 0 Å². The Labute approximate surface area is 94.3 Å². The fourth-order valence-electron chi connectivity index (χ4n) is 2.39. The molecule has 82 valence electrons. The van der Waals surface area contributed by atoms with Crippen LogP contribution in [0.25, 0.3) is 0 Å². The number of hydrogen-bond donors (Lipinski definition) is 1. The summed E-state index contributed by atoms with van der Waals surface area (Å²) in [6, 6.07) is 1.21. The van der Waals surface area contributed by atoms with Crippen LogP contribution in [-0.4, -0.2) is 27.4 Å². The van der Waals surface area contributed by atoms with Crippen molar-refractivity contribution < 1.29 is 0 Å². The van der Waals surface area contributed by atoms with Crippen molar-refractivity contribution in [1.82, 2.24) is 14.8 Å². The van der Waals surface area contributed by atoms with Gasteiger partial charge in [0.25, 0.3) is 0 Å². The van der Waals surface area contributed by atoms with Gasteiger partial charge < -0.3 is 4.90 Å². The summed E-state index contributed by atoms with van der Waals surface area (Å²) in [6.07, 6.45) is 5.04. The van der Waals surface area contributed by atoms with Crippen molar-refractivity contribution in [2.75, 3.05) is 11.4 Å². The van der Waals surface area contributed by atoms with E-state index in [1.807, 2.05) is 0 Å². The van der Waals surface area contributed by atoms with E-state index in [0.717, 1.165) is 17.3 Å². The molecule has 1 aliphatic carbocycles. The molecule has 0 spiro atoms. The molecule has 1 N–H and O–H groups in total. The number of nitrogens with one attached hydrogen (secondary N) is 1. The number of aromatic amines is 1. The van der Waals surface area contributed by atoms with E-state index in [1.54, 1.807) is 0 Å². The van der Waals surface area contributed by atoms with Crippen LogP contribution in [0, 0.1) is 4.77 Å². The maximum atomic E-state index is 5.28. The Kier molecular flexibility index (Phi) is 2.09. The van der Waals surface area contributed by atoms with Crippen LogP contribution >= 0.6 is 12.2 Å². The molecule has 3 rings (SSSR count). The van der Waals surface area contributed by atoms with Gasteiger partial charge in [0, 0.05) is 18.6 Å². The molecule has 2 heterocycles. The zero-order valence-electron chi connectivity index (χ0n) is 8.94. The molecule has 2 fully saturated rings. The first kappa shape index (κ1) is 9.39. The normalized spacial score (nSPS) is 26.2. The second-order valence-electron chi connectivity index (χ2n) is 4.61. The summed E-state index contributed by atoms with van der Waals surface area (Å²) in [5.74, 6) is 1.06. The van der Waals surface area contributed by atoms with E-state index in [9.17, 15) is 0 Å². The highest BCUT2D eigenvalue weighted by molar-refractivity contribution is 7.71. The summed E-state index contributed by atoms with van der Waals surface area (Å²) < 4.78 is 2.99. The molecule has 1 atom stereocenters. The maximum Gasteiger partial charge on any atom is 0.226 e. The number of anilines is 1. The zero-order chi connectivity index (χ0) is 10.4. The van der Waals surface area contributed by atoms with Gasteiger partial charge in [-0.1, -0.05) is 0 Å². The van der Waals surface area contributed by atoms with Gasteiger partial charge in [-0.15, -0.1) is 5.10 Å². The van der Waals surface area contributed by atoms with Gasteiger partial charge in [0.2, 0.25) is 5.95 Å². The molecule has 15 heavy (non-hydrogen) atoms. The molecular formula is C10H16N4S. The van der Waals surface area contributed by atoms with Gasteiger partial charge in [-0.2, -0.15) is 0 Å². The average Bonchev–Trinajstić information content (AvgIpc) is 2.85. The summed E-state index contributed by atoms with van der Waals surface area (Å²) in [6.45, 7) is 3.38. The second-order valence-corrected chi connectivity index (χ2v) is 5.00. The highest BCUT2D eigenvalue weighted by Gasteiger charge is 2.32. The molecule has 1 unspecified atom stereocenters. The van der Waals surface area contributed by atoms with E-state index in [1.165, 1.54) is 25.7 Å². The van der Waals surface area contributed by atoms with E-state index < -0.39 is 0 Å². The van der Waals surface area contributed by atoms with Crippen molar-refractivity contribution in [3.05, 3.63) is 4.77 Å². The van der Waals surface area contributed by atoms with Gasteiger partial charge in [-0.05, 0) is 44.8 Å². The first-order valence-corrected chi connectivity index (χ1v) is 6.12. The summed E-state index contributed by atoms with van der Waals surface area (Å²) in [7, 11) is 0. The molecule has 1 aliphatic heterocycles. The molecular weight excluding hydrogens is 208 g/mol. The summed E-state index contributed by atoms with van der Waals surface area (Å²) in [4.78, 5) is 2.38. The van der Waals surface area contributed by atoms with E-state index in [2.05, 4.69) is 26.6 Å². The largest absolute Gasteiger partial charge is 0.338 e. The number of hydrogen-bond acceptors (Lipinski definition) is 3. The van der Waals surface area contributed by atoms with Crippen molar-refractivity contribution in [3.8, 4) is 0 Å². The third-order valence-corrected chi connectivity index (χ3v) is 3.70. The monoisotopic (exact) mass is 224 g/mol. The Morgan fingerprint density at radius 3 is 2.80 bits per heavy atom. The standard InChI is InChI=1S/C10H16N4S/c1-7-3-2-6-13(7)9-11-12-10(15)14(9)8-4-5-8/h7-8H,2-6H2,1H3,(H,12,15). The zero-order valence-corrected chi connectivity index (χ0v) is 9.76. The van der Waals surface area contributed by atoms with Crippen LogP contribution in [0.4, 0.5) is 5.95 Å². The maximum absolute atomic E-state index is 5.28. The smallest absolute Gasteiger partial charge is 0.226 e. The number of aromatic nitrogens is 3. The minimum atomic E-state index is 0.604. The lowest BCUT2D eigenvalue weighted by Gasteiger charge is -2.22. The average molecular weight is 224 g/mol. The molecule has 1 aromatic heterocycles. The van der Waals surface area contributed by atoms with Gasteiger partial charge in [0.05, 0.1) is 0 Å². The van der Waals surface area contributed by atoms with Gasteiger partial charge in [-0.3, -0.25) is 4.57 Å². The highest BCUT2D eigenvalue weighted by atomic mass is 32.1. The minimum Gasteiger partial charge on any atom is -0.338 e. The SMILES string of the molecule is CC1CCCN1c1n[nH]c(=S)n1C1CC1. The lowest BCUT2D eigenvalue weighted by atomic mass is 10.2. The Morgan fingerprint density at radius 1 is 1.40 bits per heavy atom. The van der Waals surface area contributed by atoms with E-state index in [0.29, 0.717) is 12.1 Å². The number of rotatable bonds is 2. The molecule has 4 nitrogen and oxygen atoms in total. The number of nitrogens with zero attached hydrogens (tertiary/aromatic N) is 3. The molecule has 5 heteroatoms. The molecule has 1 aromatic rings. The molecule has 1 saturated carbocycles. The van der Waals surface area contributed by atoms with Crippen LogP contribution < -0.4 is 4.90 Å². The Bertz CT molecular complexity index is 417. The summed E-state index contributed by atoms with van der Waals surface area (Å²) in [5, 5.41) is 7.31. The third kappa shape index (κ3) is 1.49. The first-order chi connectivity index (χ1) is 7.27. The van der Waals surface area contributed by atoms with Crippen LogP contribution in [-0.2, 0) is 0 Å². The van der Waals surface area contributed by atoms with E-state index in [4.69, 9.17) is 12.2 Å². The first-order valence-electron chi connectivity index (χ1n) is 5.71. The minimum absolute atomic E-state index is 0.604. The molecule has 0 aromatic carbocycles. The number of H-pyrrole nitrogens is 1. The van der Waals surface area contributed by atoms with Crippen molar-refractivity contribution in [1.29, 1.82) is 0 Å². The van der Waals surface area contributed by atoms with Crippen molar-refractivity contribution in [2.24, 2.45) is 0 Å². The van der Waals surface area contributed by atoms with Gasteiger partial charge in [0.15, 0.2) is 4.77 Å². The molecule has 0 bridgehead atoms. The lowest BCUT2D eigenvalue weighted by Crippen LogP contribution is -2.29.